The number of hydrogen-bond acceptors (Lipinski definition) is 5. The highest BCUT2D eigenvalue weighted by Gasteiger charge is 2.13. The number of thiazole rings is 1. The summed E-state index contributed by atoms with van der Waals surface area (Å²) in [6.45, 7) is 7.16. The standard InChI is InChI=1S/C23H26N2O4S/c1-5-29-22(27)17-8-9-19-20(13-17)30-23(25(19)10-11-28-4)24-21(26)14-18-12-15(2)6-7-16(18)3/h6-9,12-13H,5,10-11,14H2,1-4H3. The topological polar surface area (TPSA) is 69.9 Å². The summed E-state index contributed by atoms with van der Waals surface area (Å²) < 4.78 is 13.1. The molecule has 0 bridgehead atoms. The van der Waals surface area contributed by atoms with Gasteiger partial charge in [-0.25, -0.2) is 4.79 Å². The molecule has 30 heavy (non-hydrogen) atoms. The van der Waals surface area contributed by atoms with Crippen molar-refractivity contribution in [1.82, 2.24) is 4.57 Å². The van der Waals surface area contributed by atoms with Crippen LogP contribution < -0.4 is 4.80 Å². The van der Waals surface area contributed by atoms with Gasteiger partial charge in [-0.3, -0.25) is 4.79 Å². The molecule has 0 aliphatic carbocycles. The number of ether oxygens (including phenoxy) is 2. The van der Waals surface area contributed by atoms with E-state index < -0.39 is 0 Å². The molecule has 0 fully saturated rings. The van der Waals surface area contributed by atoms with Gasteiger partial charge in [-0.05, 0) is 50.1 Å². The predicted octanol–water partition coefficient (Wildman–Crippen LogP) is 3.81. The van der Waals surface area contributed by atoms with Gasteiger partial charge in [-0.1, -0.05) is 35.1 Å². The Bertz CT molecular complexity index is 1140. The Balaban J connectivity index is 2.00. The number of nitrogens with zero attached hydrogens (tertiary/aromatic N) is 2. The Kier molecular flexibility index (Phi) is 7.18. The molecule has 1 heterocycles. The summed E-state index contributed by atoms with van der Waals surface area (Å²) in [5.41, 5.74) is 4.57. The van der Waals surface area contributed by atoms with Gasteiger partial charge in [-0.2, -0.15) is 4.99 Å². The van der Waals surface area contributed by atoms with E-state index in [4.69, 9.17) is 9.47 Å². The van der Waals surface area contributed by atoms with Crippen LogP contribution in [0, 0.1) is 13.8 Å². The summed E-state index contributed by atoms with van der Waals surface area (Å²) in [6.07, 6.45) is 0.250. The van der Waals surface area contributed by atoms with Crippen LogP contribution in [0.4, 0.5) is 0 Å². The highest BCUT2D eigenvalue weighted by atomic mass is 32.1. The van der Waals surface area contributed by atoms with Gasteiger partial charge in [0.2, 0.25) is 0 Å². The highest BCUT2D eigenvalue weighted by Crippen LogP contribution is 2.20. The molecular formula is C23H26N2O4S. The molecule has 0 atom stereocenters. The van der Waals surface area contributed by atoms with Crippen molar-refractivity contribution in [3.05, 3.63) is 63.5 Å². The average Bonchev–Trinajstić information content (AvgIpc) is 3.05. The molecule has 2 aromatic carbocycles. The molecule has 0 unspecified atom stereocenters. The monoisotopic (exact) mass is 426 g/mol. The maximum absolute atomic E-state index is 12.7. The smallest absolute Gasteiger partial charge is 0.338 e. The maximum Gasteiger partial charge on any atom is 0.338 e. The van der Waals surface area contributed by atoms with Crippen molar-refractivity contribution in [2.45, 2.75) is 33.7 Å². The lowest BCUT2D eigenvalue weighted by atomic mass is 10.0. The number of carbonyl (C=O) groups excluding carboxylic acids is 2. The van der Waals surface area contributed by atoms with Crippen LogP contribution in [-0.4, -0.2) is 36.8 Å². The van der Waals surface area contributed by atoms with E-state index in [1.54, 1.807) is 26.2 Å². The number of hydrogen-bond donors (Lipinski definition) is 0. The molecule has 158 valence electrons. The van der Waals surface area contributed by atoms with Crippen LogP contribution in [0.3, 0.4) is 0 Å². The second-order valence-corrected chi connectivity index (χ2v) is 8.05. The summed E-state index contributed by atoms with van der Waals surface area (Å²) in [6, 6.07) is 11.5. The zero-order chi connectivity index (χ0) is 21.7. The largest absolute Gasteiger partial charge is 0.462 e. The lowest BCUT2D eigenvalue weighted by Crippen LogP contribution is -2.20. The van der Waals surface area contributed by atoms with Gasteiger partial charge in [0.15, 0.2) is 4.80 Å². The van der Waals surface area contributed by atoms with Crippen molar-refractivity contribution < 1.29 is 19.1 Å². The number of aromatic nitrogens is 1. The molecule has 0 radical (unpaired) electrons. The van der Waals surface area contributed by atoms with Crippen LogP contribution in [0.25, 0.3) is 10.2 Å². The number of benzene rings is 2. The van der Waals surface area contributed by atoms with Gasteiger partial charge in [0.1, 0.15) is 0 Å². The van der Waals surface area contributed by atoms with Crippen molar-refractivity contribution in [2.24, 2.45) is 4.99 Å². The second kappa shape index (κ2) is 9.82. The number of carbonyl (C=O) groups is 2. The number of esters is 1. The van der Waals surface area contributed by atoms with E-state index >= 15 is 0 Å². The van der Waals surface area contributed by atoms with Crippen molar-refractivity contribution in [1.29, 1.82) is 0 Å². The minimum absolute atomic E-state index is 0.202. The molecule has 0 aliphatic rings. The fraction of sp³-hybridized carbons (Fsp3) is 0.348. The molecule has 3 rings (SSSR count). The van der Waals surface area contributed by atoms with E-state index in [1.807, 2.05) is 42.7 Å². The van der Waals surface area contributed by atoms with Gasteiger partial charge in [-0.15, -0.1) is 0 Å². The summed E-state index contributed by atoms with van der Waals surface area (Å²) in [5.74, 6) is -0.562. The molecule has 0 N–H and O–H groups in total. The van der Waals surface area contributed by atoms with Gasteiger partial charge >= 0.3 is 5.97 Å². The number of fused-ring (bicyclic) bond motifs is 1. The summed E-state index contributed by atoms with van der Waals surface area (Å²) >= 11 is 1.38. The fourth-order valence-electron chi connectivity index (χ4n) is 3.20. The zero-order valence-corrected chi connectivity index (χ0v) is 18.5. The SMILES string of the molecule is CCOC(=O)c1ccc2c(c1)sc(=NC(=O)Cc1cc(C)ccc1C)n2CCOC. The Hall–Kier alpha value is -2.77. The van der Waals surface area contributed by atoms with Gasteiger partial charge in [0.05, 0.1) is 35.4 Å². The van der Waals surface area contributed by atoms with Crippen LogP contribution in [-0.2, 0) is 27.2 Å². The average molecular weight is 427 g/mol. The third-order valence-corrected chi connectivity index (χ3v) is 5.82. The molecule has 1 amide bonds. The van der Waals surface area contributed by atoms with Crippen LogP contribution in [0.5, 0.6) is 0 Å². The van der Waals surface area contributed by atoms with Crippen LogP contribution >= 0.6 is 11.3 Å². The lowest BCUT2D eigenvalue weighted by molar-refractivity contribution is -0.117. The number of amides is 1. The third-order valence-electron chi connectivity index (χ3n) is 4.78. The second-order valence-electron chi connectivity index (χ2n) is 7.04. The number of methoxy groups -OCH3 is 1. The molecular weight excluding hydrogens is 400 g/mol. The molecule has 0 spiro atoms. The van der Waals surface area contributed by atoms with Crippen LogP contribution in [0.2, 0.25) is 0 Å². The lowest BCUT2D eigenvalue weighted by Gasteiger charge is -2.06. The molecule has 3 aromatic rings. The molecule has 0 saturated heterocycles. The quantitative estimate of drug-likeness (QED) is 0.539. The summed E-state index contributed by atoms with van der Waals surface area (Å²) in [4.78, 5) is 29.8. The minimum Gasteiger partial charge on any atom is -0.462 e. The Morgan fingerprint density at radius 3 is 2.67 bits per heavy atom. The van der Waals surface area contributed by atoms with E-state index in [1.165, 1.54) is 11.3 Å². The van der Waals surface area contributed by atoms with Crippen LogP contribution in [0.15, 0.2) is 41.4 Å². The summed E-state index contributed by atoms with van der Waals surface area (Å²) in [7, 11) is 1.64. The van der Waals surface area contributed by atoms with Gasteiger partial charge in [0.25, 0.3) is 5.91 Å². The first-order valence-electron chi connectivity index (χ1n) is 9.86. The Morgan fingerprint density at radius 2 is 1.93 bits per heavy atom. The normalized spacial score (nSPS) is 11.8. The van der Waals surface area contributed by atoms with Crippen molar-refractivity contribution in [3.63, 3.8) is 0 Å². The van der Waals surface area contributed by atoms with E-state index in [0.29, 0.717) is 30.1 Å². The summed E-state index contributed by atoms with van der Waals surface area (Å²) in [5, 5.41) is 0. The van der Waals surface area contributed by atoms with Crippen molar-refractivity contribution >= 4 is 33.4 Å². The highest BCUT2D eigenvalue weighted by molar-refractivity contribution is 7.16. The third kappa shape index (κ3) is 5.04. The first kappa shape index (κ1) is 21.9. The first-order valence-corrected chi connectivity index (χ1v) is 10.7. The first-order chi connectivity index (χ1) is 14.4. The molecule has 0 aliphatic heterocycles. The molecule has 0 saturated carbocycles. The van der Waals surface area contributed by atoms with E-state index in [9.17, 15) is 9.59 Å². The van der Waals surface area contributed by atoms with E-state index in [-0.39, 0.29) is 18.3 Å². The maximum atomic E-state index is 12.7. The van der Waals surface area contributed by atoms with Crippen molar-refractivity contribution in [3.8, 4) is 0 Å². The molecule has 6 nitrogen and oxygen atoms in total. The van der Waals surface area contributed by atoms with Gasteiger partial charge < -0.3 is 14.0 Å². The minimum atomic E-state index is -0.360. The van der Waals surface area contributed by atoms with Crippen molar-refractivity contribution in [2.75, 3.05) is 20.3 Å². The zero-order valence-electron chi connectivity index (χ0n) is 17.7. The van der Waals surface area contributed by atoms with Gasteiger partial charge in [0, 0.05) is 13.7 Å². The van der Waals surface area contributed by atoms with E-state index in [2.05, 4.69) is 4.99 Å². The predicted molar refractivity (Wildman–Crippen MR) is 118 cm³/mol. The molecule has 1 aromatic heterocycles. The fourth-order valence-corrected chi connectivity index (χ4v) is 4.31. The number of aryl methyl sites for hydroxylation is 2. The van der Waals surface area contributed by atoms with E-state index in [0.717, 1.165) is 26.9 Å². The van der Waals surface area contributed by atoms with Crippen LogP contribution in [0.1, 0.15) is 34.0 Å². The number of rotatable bonds is 7. The Morgan fingerprint density at radius 1 is 1.13 bits per heavy atom. The molecule has 7 heteroatoms. The Labute approximate surface area is 179 Å².